The lowest BCUT2D eigenvalue weighted by Crippen LogP contribution is -2.54. The van der Waals surface area contributed by atoms with Gasteiger partial charge in [0, 0.05) is 11.6 Å². The molecule has 1 N–H and O–H groups in total. The molecule has 2 fully saturated rings. The Labute approximate surface area is 124 Å². The van der Waals surface area contributed by atoms with Gasteiger partial charge in [-0.1, -0.05) is 23.7 Å². The molecule has 1 aromatic carbocycles. The SMILES string of the molecule is O=C(NC1(c2ccc(Cl)cc2)CCC1)[C@H]1CCCCO1. The van der Waals surface area contributed by atoms with Crippen LogP contribution >= 0.6 is 11.6 Å². The Kier molecular flexibility index (Phi) is 3.99. The number of hydrogen-bond donors (Lipinski definition) is 1. The molecule has 1 aliphatic carbocycles. The fraction of sp³-hybridized carbons (Fsp3) is 0.562. The summed E-state index contributed by atoms with van der Waals surface area (Å²) in [5, 5.41) is 3.96. The molecule has 108 valence electrons. The highest BCUT2D eigenvalue weighted by Gasteiger charge is 2.41. The third-order valence-corrected chi connectivity index (χ3v) is 4.69. The maximum Gasteiger partial charge on any atom is 0.249 e. The van der Waals surface area contributed by atoms with Crippen LogP contribution in [0.3, 0.4) is 0 Å². The van der Waals surface area contributed by atoms with Crippen LogP contribution in [0.25, 0.3) is 0 Å². The molecule has 1 aromatic rings. The van der Waals surface area contributed by atoms with Crippen LogP contribution in [0.1, 0.15) is 44.1 Å². The van der Waals surface area contributed by atoms with E-state index in [1.165, 1.54) is 0 Å². The van der Waals surface area contributed by atoms with Crippen LogP contribution in [0.2, 0.25) is 5.02 Å². The first kappa shape index (κ1) is 13.9. The van der Waals surface area contributed by atoms with Gasteiger partial charge < -0.3 is 10.1 Å². The lowest BCUT2D eigenvalue weighted by Gasteiger charge is -2.44. The summed E-state index contributed by atoms with van der Waals surface area (Å²) in [4.78, 5) is 12.4. The molecule has 0 spiro atoms. The summed E-state index contributed by atoms with van der Waals surface area (Å²) in [7, 11) is 0. The summed E-state index contributed by atoms with van der Waals surface area (Å²) in [6.07, 6.45) is 5.84. The molecule has 3 nitrogen and oxygen atoms in total. The Morgan fingerprint density at radius 3 is 2.50 bits per heavy atom. The van der Waals surface area contributed by atoms with Crippen molar-refractivity contribution in [3.05, 3.63) is 34.9 Å². The molecule has 0 radical (unpaired) electrons. The van der Waals surface area contributed by atoms with Crippen LogP contribution in [0.5, 0.6) is 0 Å². The van der Waals surface area contributed by atoms with Crippen molar-refractivity contribution < 1.29 is 9.53 Å². The number of rotatable bonds is 3. The summed E-state index contributed by atoms with van der Waals surface area (Å²) >= 11 is 5.94. The zero-order valence-corrected chi connectivity index (χ0v) is 12.3. The second-order valence-corrected chi connectivity index (χ2v) is 6.22. The monoisotopic (exact) mass is 293 g/mol. The van der Waals surface area contributed by atoms with Gasteiger partial charge in [-0.05, 0) is 56.2 Å². The summed E-state index contributed by atoms with van der Waals surface area (Å²) in [5.74, 6) is 0.0411. The lowest BCUT2D eigenvalue weighted by atomic mass is 9.71. The van der Waals surface area contributed by atoms with Crippen molar-refractivity contribution in [2.24, 2.45) is 0 Å². The number of carbonyl (C=O) groups is 1. The topological polar surface area (TPSA) is 38.3 Å². The average Bonchev–Trinajstić information content (AvgIpc) is 2.45. The van der Waals surface area contributed by atoms with Crippen molar-refractivity contribution in [2.75, 3.05) is 6.61 Å². The Hall–Kier alpha value is -1.06. The first-order chi connectivity index (χ1) is 9.70. The third kappa shape index (κ3) is 2.70. The van der Waals surface area contributed by atoms with Gasteiger partial charge in [-0.15, -0.1) is 0 Å². The molecular formula is C16H20ClNO2. The van der Waals surface area contributed by atoms with Gasteiger partial charge in [-0.2, -0.15) is 0 Å². The highest BCUT2D eigenvalue weighted by Crippen LogP contribution is 2.41. The van der Waals surface area contributed by atoms with E-state index in [1.807, 2.05) is 24.3 Å². The zero-order chi connectivity index (χ0) is 14.0. The van der Waals surface area contributed by atoms with Gasteiger partial charge in [0.05, 0.1) is 5.54 Å². The molecule has 0 unspecified atom stereocenters. The molecule has 1 heterocycles. The first-order valence-electron chi connectivity index (χ1n) is 7.39. The van der Waals surface area contributed by atoms with E-state index in [2.05, 4.69) is 5.32 Å². The Morgan fingerprint density at radius 2 is 1.95 bits per heavy atom. The Balaban J connectivity index is 1.72. The van der Waals surface area contributed by atoms with Crippen molar-refractivity contribution in [3.8, 4) is 0 Å². The quantitative estimate of drug-likeness (QED) is 0.927. The fourth-order valence-corrected chi connectivity index (χ4v) is 3.17. The standard InChI is InChI=1S/C16H20ClNO2/c17-13-7-5-12(6-8-13)16(9-3-10-16)18-15(19)14-4-1-2-11-20-14/h5-8,14H,1-4,9-11H2,(H,18,19)/t14-/m1/s1. The largest absolute Gasteiger partial charge is 0.368 e. The first-order valence-corrected chi connectivity index (χ1v) is 7.77. The minimum absolute atomic E-state index is 0.0411. The Bertz CT molecular complexity index is 476. The number of amides is 1. The van der Waals surface area contributed by atoms with Crippen LogP contribution in [-0.2, 0) is 15.1 Å². The second-order valence-electron chi connectivity index (χ2n) is 5.79. The average molecular weight is 294 g/mol. The number of carbonyl (C=O) groups excluding carboxylic acids is 1. The van der Waals surface area contributed by atoms with Crippen LogP contribution in [0, 0.1) is 0 Å². The number of ether oxygens (including phenoxy) is 1. The van der Waals surface area contributed by atoms with Gasteiger partial charge in [0.2, 0.25) is 5.91 Å². The van der Waals surface area contributed by atoms with E-state index in [-0.39, 0.29) is 17.6 Å². The fourth-order valence-electron chi connectivity index (χ4n) is 3.05. The van der Waals surface area contributed by atoms with E-state index in [4.69, 9.17) is 16.3 Å². The van der Waals surface area contributed by atoms with E-state index in [9.17, 15) is 4.79 Å². The van der Waals surface area contributed by atoms with Gasteiger partial charge in [-0.25, -0.2) is 0 Å². The van der Waals surface area contributed by atoms with E-state index in [0.29, 0.717) is 6.61 Å². The van der Waals surface area contributed by atoms with E-state index in [0.717, 1.165) is 49.1 Å². The maximum atomic E-state index is 12.4. The molecule has 0 bridgehead atoms. The molecule has 4 heteroatoms. The molecule has 1 aliphatic heterocycles. The normalized spacial score (nSPS) is 24.8. The van der Waals surface area contributed by atoms with Crippen molar-refractivity contribution in [1.29, 1.82) is 0 Å². The van der Waals surface area contributed by atoms with E-state index < -0.39 is 0 Å². The molecule has 1 saturated heterocycles. The molecule has 2 aliphatic rings. The van der Waals surface area contributed by atoms with E-state index >= 15 is 0 Å². The van der Waals surface area contributed by atoms with Crippen molar-refractivity contribution >= 4 is 17.5 Å². The van der Waals surface area contributed by atoms with Gasteiger partial charge in [0.15, 0.2) is 0 Å². The predicted octanol–water partition coefficient (Wildman–Crippen LogP) is 3.40. The Morgan fingerprint density at radius 1 is 1.20 bits per heavy atom. The molecular weight excluding hydrogens is 274 g/mol. The van der Waals surface area contributed by atoms with Crippen molar-refractivity contribution in [1.82, 2.24) is 5.32 Å². The molecule has 0 aromatic heterocycles. The highest BCUT2D eigenvalue weighted by atomic mass is 35.5. The highest BCUT2D eigenvalue weighted by molar-refractivity contribution is 6.30. The third-order valence-electron chi connectivity index (χ3n) is 4.44. The van der Waals surface area contributed by atoms with Crippen molar-refractivity contribution in [3.63, 3.8) is 0 Å². The molecule has 20 heavy (non-hydrogen) atoms. The zero-order valence-electron chi connectivity index (χ0n) is 11.5. The molecule has 1 amide bonds. The molecule has 3 rings (SSSR count). The van der Waals surface area contributed by atoms with Gasteiger partial charge in [-0.3, -0.25) is 4.79 Å². The van der Waals surface area contributed by atoms with Crippen LogP contribution in [-0.4, -0.2) is 18.6 Å². The summed E-state index contributed by atoms with van der Waals surface area (Å²) in [5.41, 5.74) is 0.944. The number of hydrogen-bond acceptors (Lipinski definition) is 2. The number of nitrogens with one attached hydrogen (secondary N) is 1. The van der Waals surface area contributed by atoms with E-state index in [1.54, 1.807) is 0 Å². The van der Waals surface area contributed by atoms with Gasteiger partial charge in [0.25, 0.3) is 0 Å². The summed E-state index contributed by atoms with van der Waals surface area (Å²) in [6, 6.07) is 7.81. The summed E-state index contributed by atoms with van der Waals surface area (Å²) < 4.78 is 5.58. The molecule has 1 saturated carbocycles. The second kappa shape index (κ2) is 5.74. The van der Waals surface area contributed by atoms with Gasteiger partial charge >= 0.3 is 0 Å². The minimum atomic E-state index is -0.270. The van der Waals surface area contributed by atoms with Crippen molar-refractivity contribution in [2.45, 2.75) is 50.2 Å². The predicted molar refractivity (Wildman–Crippen MR) is 78.7 cm³/mol. The van der Waals surface area contributed by atoms with Gasteiger partial charge in [0.1, 0.15) is 6.10 Å². The molecule has 1 atom stereocenters. The van der Waals surface area contributed by atoms with Crippen LogP contribution in [0.15, 0.2) is 24.3 Å². The lowest BCUT2D eigenvalue weighted by molar-refractivity contribution is -0.138. The maximum absolute atomic E-state index is 12.4. The summed E-state index contributed by atoms with van der Waals surface area (Å²) in [6.45, 7) is 0.700. The van der Waals surface area contributed by atoms with Crippen LogP contribution in [0.4, 0.5) is 0 Å². The number of halogens is 1. The van der Waals surface area contributed by atoms with Crippen LogP contribution < -0.4 is 5.32 Å². The minimum Gasteiger partial charge on any atom is -0.368 e. The number of benzene rings is 1. The smallest absolute Gasteiger partial charge is 0.249 e.